The normalized spacial score (nSPS) is 17.3. The van der Waals surface area contributed by atoms with Crippen molar-refractivity contribution in [2.24, 2.45) is 11.7 Å². The Kier molecular flexibility index (Phi) is 6.67. The number of hydrogen-bond donors (Lipinski definition) is 2. The molecule has 0 saturated carbocycles. The van der Waals surface area contributed by atoms with Gasteiger partial charge in [-0.1, -0.05) is 6.92 Å². The van der Waals surface area contributed by atoms with Crippen molar-refractivity contribution in [3.8, 4) is 0 Å². The van der Waals surface area contributed by atoms with Crippen LogP contribution in [0.1, 0.15) is 19.8 Å². The third kappa shape index (κ3) is 5.46. The van der Waals surface area contributed by atoms with Gasteiger partial charge in [-0.3, -0.25) is 9.59 Å². The van der Waals surface area contributed by atoms with Gasteiger partial charge in [-0.25, -0.2) is 0 Å². The van der Waals surface area contributed by atoms with E-state index in [9.17, 15) is 9.59 Å². The maximum atomic E-state index is 11.8. The zero-order chi connectivity index (χ0) is 13.4. The number of morpholine rings is 1. The van der Waals surface area contributed by atoms with Crippen molar-refractivity contribution in [2.75, 3.05) is 39.4 Å². The first kappa shape index (κ1) is 14.9. The van der Waals surface area contributed by atoms with Crippen molar-refractivity contribution in [1.29, 1.82) is 0 Å². The van der Waals surface area contributed by atoms with E-state index in [1.807, 2.05) is 6.92 Å². The fraction of sp³-hybridized carbons (Fsp3) is 0.833. The number of nitrogens with zero attached hydrogens (tertiary/aromatic N) is 1. The van der Waals surface area contributed by atoms with E-state index in [0.717, 1.165) is 0 Å². The molecule has 0 aromatic rings. The highest BCUT2D eigenvalue weighted by Gasteiger charge is 2.16. The predicted molar refractivity (Wildman–Crippen MR) is 67.9 cm³/mol. The van der Waals surface area contributed by atoms with E-state index in [0.29, 0.717) is 52.2 Å². The van der Waals surface area contributed by atoms with Gasteiger partial charge in [0.2, 0.25) is 11.8 Å². The molecule has 0 aliphatic carbocycles. The van der Waals surface area contributed by atoms with Gasteiger partial charge < -0.3 is 20.7 Å². The zero-order valence-corrected chi connectivity index (χ0v) is 11.0. The summed E-state index contributed by atoms with van der Waals surface area (Å²) in [7, 11) is 0. The first-order valence-electron chi connectivity index (χ1n) is 6.45. The number of carbonyl (C=O) groups is 2. The summed E-state index contributed by atoms with van der Waals surface area (Å²) in [6, 6.07) is 0. The Labute approximate surface area is 108 Å². The lowest BCUT2D eigenvalue weighted by atomic mass is 10.1. The minimum atomic E-state index is -0.0391. The van der Waals surface area contributed by atoms with E-state index in [-0.39, 0.29) is 17.7 Å². The van der Waals surface area contributed by atoms with Crippen LogP contribution < -0.4 is 11.1 Å². The third-order valence-electron chi connectivity index (χ3n) is 2.96. The Hall–Kier alpha value is -1.14. The Bertz CT molecular complexity index is 278. The molecule has 1 unspecified atom stereocenters. The zero-order valence-electron chi connectivity index (χ0n) is 11.0. The molecule has 1 aliphatic rings. The van der Waals surface area contributed by atoms with Crippen molar-refractivity contribution in [2.45, 2.75) is 19.8 Å². The number of rotatable bonds is 6. The second-order valence-electron chi connectivity index (χ2n) is 4.64. The molecule has 1 atom stereocenters. The van der Waals surface area contributed by atoms with Crippen molar-refractivity contribution < 1.29 is 14.3 Å². The first-order chi connectivity index (χ1) is 8.63. The summed E-state index contributed by atoms with van der Waals surface area (Å²) >= 11 is 0. The fourth-order valence-electron chi connectivity index (χ4n) is 1.75. The van der Waals surface area contributed by atoms with Crippen LogP contribution in [0.5, 0.6) is 0 Å². The molecule has 1 rings (SSSR count). The van der Waals surface area contributed by atoms with Crippen LogP contribution in [0.25, 0.3) is 0 Å². The average molecular weight is 257 g/mol. The van der Waals surface area contributed by atoms with Crippen LogP contribution >= 0.6 is 0 Å². The minimum Gasteiger partial charge on any atom is -0.378 e. The van der Waals surface area contributed by atoms with E-state index >= 15 is 0 Å². The molecule has 0 bridgehead atoms. The summed E-state index contributed by atoms with van der Waals surface area (Å²) in [5.41, 5.74) is 5.44. The number of hydrogen-bond acceptors (Lipinski definition) is 4. The predicted octanol–water partition coefficient (Wildman–Crippen LogP) is -0.664. The third-order valence-corrected chi connectivity index (χ3v) is 2.96. The lowest BCUT2D eigenvalue weighted by molar-refractivity contribution is -0.135. The van der Waals surface area contributed by atoms with Gasteiger partial charge in [0.25, 0.3) is 0 Å². The second-order valence-corrected chi connectivity index (χ2v) is 4.64. The van der Waals surface area contributed by atoms with E-state index in [2.05, 4.69) is 5.32 Å². The van der Waals surface area contributed by atoms with Crippen LogP contribution in [0, 0.1) is 5.92 Å². The summed E-state index contributed by atoms with van der Waals surface area (Å²) < 4.78 is 5.17. The van der Waals surface area contributed by atoms with Gasteiger partial charge >= 0.3 is 0 Å². The van der Waals surface area contributed by atoms with Gasteiger partial charge in [-0.2, -0.15) is 0 Å². The van der Waals surface area contributed by atoms with Crippen LogP contribution in [0.15, 0.2) is 0 Å². The Balaban J connectivity index is 2.12. The smallest absolute Gasteiger partial charge is 0.224 e. The molecule has 104 valence electrons. The maximum absolute atomic E-state index is 11.8. The Morgan fingerprint density at radius 3 is 2.67 bits per heavy atom. The van der Waals surface area contributed by atoms with Crippen molar-refractivity contribution in [1.82, 2.24) is 10.2 Å². The molecule has 1 aliphatic heterocycles. The fourth-order valence-corrected chi connectivity index (χ4v) is 1.75. The molecule has 2 amide bonds. The molecule has 0 spiro atoms. The van der Waals surface area contributed by atoms with Crippen LogP contribution in [-0.4, -0.2) is 56.1 Å². The van der Waals surface area contributed by atoms with E-state index in [1.165, 1.54) is 0 Å². The lowest BCUT2D eigenvalue weighted by Crippen LogP contribution is -2.42. The molecule has 0 aromatic carbocycles. The van der Waals surface area contributed by atoms with Gasteiger partial charge in [-0.05, 0) is 12.5 Å². The minimum absolute atomic E-state index is 0.0391. The topological polar surface area (TPSA) is 84.7 Å². The second kappa shape index (κ2) is 8.05. The Morgan fingerprint density at radius 1 is 1.39 bits per heavy atom. The largest absolute Gasteiger partial charge is 0.378 e. The van der Waals surface area contributed by atoms with Gasteiger partial charge in [0.1, 0.15) is 0 Å². The van der Waals surface area contributed by atoms with Crippen molar-refractivity contribution in [3.63, 3.8) is 0 Å². The van der Waals surface area contributed by atoms with Crippen molar-refractivity contribution in [3.05, 3.63) is 0 Å². The SMILES string of the molecule is CC(CN)CC(=O)NCCC(=O)N1CCOCC1. The molecule has 6 heteroatoms. The van der Waals surface area contributed by atoms with Crippen LogP contribution in [0.4, 0.5) is 0 Å². The molecule has 1 heterocycles. The monoisotopic (exact) mass is 257 g/mol. The van der Waals surface area contributed by atoms with Crippen LogP contribution in [0.2, 0.25) is 0 Å². The van der Waals surface area contributed by atoms with E-state index < -0.39 is 0 Å². The van der Waals surface area contributed by atoms with Crippen molar-refractivity contribution >= 4 is 11.8 Å². The highest BCUT2D eigenvalue weighted by Crippen LogP contribution is 2.00. The summed E-state index contributed by atoms with van der Waals surface area (Å²) in [5, 5.41) is 2.74. The number of ether oxygens (including phenoxy) is 1. The maximum Gasteiger partial charge on any atom is 0.224 e. The van der Waals surface area contributed by atoms with E-state index in [4.69, 9.17) is 10.5 Å². The van der Waals surface area contributed by atoms with Crippen LogP contribution in [0.3, 0.4) is 0 Å². The van der Waals surface area contributed by atoms with Gasteiger partial charge in [-0.15, -0.1) is 0 Å². The standard InChI is InChI=1S/C12H23N3O3/c1-10(9-13)8-11(16)14-3-2-12(17)15-4-6-18-7-5-15/h10H,2-9,13H2,1H3,(H,14,16). The molecule has 0 radical (unpaired) electrons. The van der Waals surface area contributed by atoms with E-state index in [1.54, 1.807) is 4.90 Å². The molecule has 1 saturated heterocycles. The summed E-state index contributed by atoms with van der Waals surface area (Å²) in [5.74, 6) is 0.216. The summed E-state index contributed by atoms with van der Waals surface area (Å²) in [6.07, 6.45) is 0.769. The van der Waals surface area contributed by atoms with Crippen LogP contribution in [-0.2, 0) is 14.3 Å². The van der Waals surface area contributed by atoms with Gasteiger partial charge in [0, 0.05) is 32.5 Å². The van der Waals surface area contributed by atoms with Gasteiger partial charge in [0.15, 0.2) is 0 Å². The average Bonchev–Trinajstić information content (AvgIpc) is 2.39. The molecular weight excluding hydrogens is 234 g/mol. The highest BCUT2D eigenvalue weighted by molar-refractivity contribution is 5.79. The molecule has 3 N–H and O–H groups in total. The summed E-state index contributed by atoms with van der Waals surface area (Å²) in [4.78, 5) is 25.0. The Morgan fingerprint density at radius 2 is 2.06 bits per heavy atom. The number of nitrogens with one attached hydrogen (secondary N) is 1. The first-order valence-corrected chi connectivity index (χ1v) is 6.45. The lowest BCUT2D eigenvalue weighted by Gasteiger charge is -2.26. The number of nitrogens with two attached hydrogens (primary N) is 1. The quantitative estimate of drug-likeness (QED) is 0.661. The molecule has 1 fully saturated rings. The van der Waals surface area contributed by atoms with Gasteiger partial charge in [0.05, 0.1) is 13.2 Å². The molecule has 0 aromatic heterocycles. The highest BCUT2D eigenvalue weighted by atomic mass is 16.5. The molecule has 18 heavy (non-hydrogen) atoms. The number of amides is 2. The molecular formula is C12H23N3O3. The summed E-state index contributed by atoms with van der Waals surface area (Å²) in [6.45, 7) is 5.33. The molecule has 6 nitrogen and oxygen atoms in total. The number of carbonyl (C=O) groups excluding carboxylic acids is 2.